The van der Waals surface area contributed by atoms with Crippen LogP contribution < -0.4 is 10.2 Å². The van der Waals surface area contributed by atoms with Gasteiger partial charge in [-0.2, -0.15) is 15.5 Å². The van der Waals surface area contributed by atoms with E-state index >= 15 is 0 Å². The van der Waals surface area contributed by atoms with Gasteiger partial charge in [0.05, 0.1) is 23.5 Å². The van der Waals surface area contributed by atoms with Crippen LogP contribution in [0, 0.1) is 11.3 Å². The summed E-state index contributed by atoms with van der Waals surface area (Å²) in [7, 11) is 1.88. The van der Waals surface area contributed by atoms with Crippen LogP contribution in [0.2, 0.25) is 0 Å². The Kier molecular flexibility index (Phi) is 6.06. The summed E-state index contributed by atoms with van der Waals surface area (Å²) in [5.74, 6) is 0.871. The molecule has 0 aromatic carbocycles. The maximum atomic E-state index is 12.2. The van der Waals surface area contributed by atoms with Crippen molar-refractivity contribution in [2.75, 3.05) is 37.6 Å². The third-order valence-corrected chi connectivity index (χ3v) is 6.25. The first-order chi connectivity index (χ1) is 17.1. The highest BCUT2D eigenvalue weighted by molar-refractivity contribution is 5.87. The summed E-state index contributed by atoms with van der Waals surface area (Å²) in [5, 5.41) is 21.3. The molecule has 0 spiro atoms. The minimum absolute atomic E-state index is 0.00132. The summed E-state index contributed by atoms with van der Waals surface area (Å²) in [6.07, 6.45) is 10.0. The van der Waals surface area contributed by atoms with E-state index < -0.39 is 0 Å². The molecule has 0 atom stereocenters. The third-order valence-electron chi connectivity index (χ3n) is 6.25. The molecule has 2 amide bonds. The Labute approximate surface area is 203 Å². The van der Waals surface area contributed by atoms with E-state index in [9.17, 15) is 10.1 Å². The summed E-state index contributed by atoms with van der Waals surface area (Å²) >= 11 is 0. The zero-order valence-corrected chi connectivity index (χ0v) is 19.8. The lowest BCUT2D eigenvalue weighted by Crippen LogP contribution is -2.52. The summed E-state index contributed by atoms with van der Waals surface area (Å²) in [5.41, 5.74) is 4.97. The van der Waals surface area contributed by atoms with Crippen molar-refractivity contribution in [2.24, 2.45) is 7.05 Å². The lowest BCUT2D eigenvalue weighted by molar-refractivity contribution is 0.194. The van der Waals surface area contributed by atoms with Crippen LogP contribution in [0.3, 0.4) is 0 Å². The van der Waals surface area contributed by atoms with Gasteiger partial charge in [0.1, 0.15) is 11.9 Å². The Morgan fingerprint density at radius 3 is 2.54 bits per heavy atom. The highest BCUT2D eigenvalue weighted by Gasteiger charge is 2.22. The quantitative estimate of drug-likeness (QED) is 0.482. The number of pyridine rings is 2. The van der Waals surface area contributed by atoms with Crippen molar-refractivity contribution in [3.8, 4) is 28.3 Å². The van der Waals surface area contributed by atoms with E-state index in [4.69, 9.17) is 4.98 Å². The summed E-state index contributed by atoms with van der Waals surface area (Å²) in [6.45, 7) is 5.52. The molecule has 1 aliphatic heterocycles. The Hall–Kier alpha value is -4.39. The van der Waals surface area contributed by atoms with Gasteiger partial charge in [-0.3, -0.25) is 4.68 Å². The van der Waals surface area contributed by atoms with Gasteiger partial charge >= 0.3 is 6.03 Å². The molecule has 0 saturated carbocycles. The number of amides is 2. The number of hydrogen-bond acceptors (Lipinski definition) is 6. The lowest BCUT2D eigenvalue weighted by Gasteiger charge is -2.35. The second kappa shape index (κ2) is 9.46. The molecule has 5 rings (SSSR count). The molecule has 10 heteroatoms. The van der Waals surface area contributed by atoms with Crippen LogP contribution in [0.5, 0.6) is 0 Å². The Morgan fingerprint density at radius 2 is 1.89 bits per heavy atom. The van der Waals surface area contributed by atoms with Gasteiger partial charge in [-0.15, -0.1) is 0 Å². The predicted molar refractivity (Wildman–Crippen MR) is 133 cm³/mol. The Morgan fingerprint density at radius 1 is 1.06 bits per heavy atom. The molecule has 178 valence electrons. The van der Waals surface area contributed by atoms with Crippen molar-refractivity contribution in [1.29, 1.82) is 5.26 Å². The van der Waals surface area contributed by atoms with Gasteiger partial charge in [-0.1, -0.05) is 6.92 Å². The van der Waals surface area contributed by atoms with Crippen molar-refractivity contribution in [2.45, 2.75) is 13.3 Å². The zero-order chi connectivity index (χ0) is 24.4. The topological polar surface area (TPSA) is 107 Å². The minimum atomic E-state index is 0.00132. The maximum absolute atomic E-state index is 12.2. The van der Waals surface area contributed by atoms with Crippen LogP contribution in [0.15, 0.2) is 49.2 Å². The van der Waals surface area contributed by atoms with E-state index in [-0.39, 0.29) is 6.03 Å². The van der Waals surface area contributed by atoms with Crippen LogP contribution in [0.1, 0.15) is 18.9 Å². The van der Waals surface area contributed by atoms with E-state index in [1.807, 2.05) is 55.8 Å². The first-order valence-corrected chi connectivity index (χ1v) is 11.7. The van der Waals surface area contributed by atoms with Gasteiger partial charge in [-0.05, 0) is 24.6 Å². The van der Waals surface area contributed by atoms with E-state index in [1.54, 1.807) is 15.4 Å². The average molecular weight is 470 g/mol. The molecule has 35 heavy (non-hydrogen) atoms. The van der Waals surface area contributed by atoms with Gasteiger partial charge in [0.2, 0.25) is 0 Å². The monoisotopic (exact) mass is 469 g/mol. The number of piperazine rings is 1. The van der Waals surface area contributed by atoms with E-state index in [0.29, 0.717) is 25.2 Å². The first kappa shape index (κ1) is 22.4. The normalized spacial score (nSPS) is 13.7. The number of aryl methyl sites for hydroxylation is 1. The fourth-order valence-corrected chi connectivity index (χ4v) is 4.37. The van der Waals surface area contributed by atoms with Crippen molar-refractivity contribution in [3.63, 3.8) is 0 Å². The van der Waals surface area contributed by atoms with E-state index in [0.717, 1.165) is 53.1 Å². The highest BCUT2D eigenvalue weighted by atomic mass is 16.2. The number of urea groups is 1. The Bertz CT molecular complexity index is 1390. The van der Waals surface area contributed by atoms with Crippen LogP contribution in [-0.2, 0) is 7.05 Å². The molecule has 10 nitrogen and oxygen atoms in total. The number of carbonyl (C=O) groups excluding carboxylic acids is 1. The SMILES string of the molecule is CCCNC(=O)N1CCN(c2ccc(-c3cc(-c4cnn(C)c4)cn4ncc(C#N)c34)cn2)CC1. The molecule has 0 aliphatic carbocycles. The summed E-state index contributed by atoms with van der Waals surface area (Å²) in [6, 6.07) is 8.33. The molecular weight excluding hydrogens is 442 g/mol. The molecule has 0 radical (unpaired) electrons. The fourth-order valence-electron chi connectivity index (χ4n) is 4.37. The number of hydrogen-bond donors (Lipinski definition) is 1. The van der Waals surface area contributed by atoms with Crippen LogP contribution in [0.4, 0.5) is 10.6 Å². The van der Waals surface area contributed by atoms with Crippen molar-refractivity contribution < 1.29 is 4.79 Å². The van der Waals surface area contributed by atoms with Gasteiger partial charge < -0.3 is 15.1 Å². The lowest BCUT2D eigenvalue weighted by atomic mass is 10.0. The molecule has 5 heterocycles. The number of nitrogens with one attached hydrogen (secondary N) is 1. The molecule has 1 N–H and O–H groups in total. The molecule has 0 bridgehead atoms. The second-order valence-electron chi connectivity index (χ2n) is 8.62. The maximum Gasteiger partial charge on any atom is 0.317 e. The van der Waals surface area contributed by atoms with Gasteiger partial charge in [0.15, 0.2) is 0 Å². The number of nitrogens with zero attached hydrogens (tertiary/aromatic N) is 8. The van der Waals surface area contributed by atoms with E-state index in [2.05, 4.69) is 32.5 Å². The molecule has 1 saturated heterocycles. The van der Waals surface area contributed by atoms with Crippen molar-refractivity contribution >= 4 is 17.4 Å². The van der Waals surface area contributed by atoms with Crippen LogP contribution in [-0.4, -0.2) is 68.0 Å². The highest BCUT2D eigenvalue weighted by Crippen LogP contribution is 2.32. The number of anilines is 1. The van der Waals surface area contributed by atoms with Gasteiger partial charge in [-0.25, -0.2) is 14.3 Å². The number of rotatable bonds is 5. The van der Waals surface area contributed by atoms with Gasteiger partial charge in [0, 0.05) is 80.6 Å². The molecule has 4 aromatic rings. The second-order valence-corrected chi connectivity index (χ2v) is 8.62. The first-order valence-electron chi connectivity index (χ1n) is 11.7. The zero-order valence-electron chi connectivity index (χ0n) is 19.8. The van der Waals surface area contributed by atoms with Crippen molar-refractivity contribution in [3.05, 3.63) is 54.7 Å². The Balaban J connectivity index is 1.41. The molecule has 1 fully saturated rings. The number of fused-ring (bicyclic) bond motifs is 1. The summed E-state index contributed by atoms with van der Waals surface area (Å²) < 4.78 is 3.50. The van der Waals surface area contributed by atoms with Crippen LogP contribution in [0.25, 0.3) is 27.8 Å². The number of carbonyl (C=O) groups is 1. The molecular formula is C25H27N9O. The largest absolute Gasteiger partial charge is 0.353 e. The van der Waals surface area contributed by atoms with Gasteiger partial charge in [0.25, 0.3) is 0 Å². The smallest absolute Gasteiger partial charge is 0.317 e. The predicted octanol–water partition coefficient (Wildman–Crippen LogP) is 2.91. The molecule has 0 unspecified atom stereocenters. The van der Waals surface area contributed by atoms with E-state index in [1.165, 1.54) is 0 Å². The summed E-state index contributed by atoms with van der Waals surface area (Å²) in [4.78, 5) is 21.0. The number of nitriles is 1. The molecule has 1 aliphatic rings. The third kappa shape index (κ3) is 4.40. The fraction of sp³-hybridized carbons (Fsp3) is 0.320. The van der Waals surface area contributed by atoms with Crippen LogP contribution >= 0.6 is 0 Å². The van der Waals surface area contributed by atoms with Crippen molar-refractivity contribution in [1.82, 2.24) is 34.6 Å². The standard InChI is InChI=1S/C25H27N9O/c1-3-6-27-25(35)33-9-7-32(8-10-33)23-5-4-18(13-28-23)22-11-19(21-15-29-31(2)16-21)17-34-24(22)20(12-26)14-30-34/h4-5,11,13-17H,3,6-10H2,1-2H3,(H,27,35). The minimum Gasteiger partial charge on any atom is -0.353 e. The average Bonchev–Trinajstić information content (AvgIpc) is 3.53. The molecule has 4 aromatic heterocycles. The number of aromatic nitrogens is 5.